The molecule has 2 aromatic rings. The summed E-state index contributed by atoms with van der Waals surface area (Å²) in [5, 5.41) is 3.23. The number of carbonyl (C=O) groups excluding carboxylic acids is 2. The molecule has 5 nitrogen and oxygen atoms in total. The second-order valence-electron chi connectivity index (χ2n) is 8.89. The second kappa shape index (κ2) is 8.43. The number of rotatable bonds is 3. The SMILES string of the molecule is CCN1c2cc(C)c(/C=C3\C(=O)NC(=S)N(c4ccc(Cl)cc4)C3=O)cc2C(C)=CC1(C)C. The number of nitrogens with one attached hydrogen (secondary N) is 1. The molecule has 0 radical (unpaired) electrons. The van der Waals surface area contributed by atoms with Gasteiger partial charge in [0.2, 0.25) is 0 Å². The quantitative estimate of drug-likeness (QED) is 0.358. The molecule has 0 spiro atoms. The molecule has 2 aliphatic heterocycles. The zero-order valence-electron chi connectivity index (χ0n) is 19.3. The maximum atomic E-state index is 13.3. The first-order valence-electron chi connectivity index (χ1n) is 10.8. The van der Waals surface area contributed by atoms with E-state index in [1.165, 1.54) is 10.5 Å². The Labute approximate surface area is 204 Å². The molecule has 0 atom stereocenters. The summed E-state index contributed by atoms with van der Waals surface area (Å²) in [6.45, 7) is 11.5. The number of halogens is 1. The van der Waals surface area contributed by atoms with Crippen LogP contribution in [0.2, 0.25) is 5.02 Å². The Morgan fingerprint density at radius 2 is 1.79 bits per heavy atom. The number of likely N-dealkylation sites (N-methyl/N-ethyl adjacent to an activating group) is 1. The third kappa shape index (κ3) is 4.09. The third-order valence-corrected chi connectivity index (χ3v) is 6.70. The monoisotopic (exact) mass is 479 g/mol. The van der Waals surface area contributed by atoms with Crippen molar-refractivity contribution >= 4 is 63.8 Å². The summed E-state index contributed by atoms with van der Waals surface area (Å²) >= 11 is 11.3. The fourth-order valence-corrected chi connectivity index (χ4v) is 5.02. The van der Waals surface area contributed by atoms with E-state index in [-0.39, 0.29) is 16.2 Å². The van der Waals surface area contributed by atoms with Crippen LogP contribution >= 0.6 is 23.8 Å². The van der Waals surface area contributed by atoms with E-state index >= 15 is 0 Å². The maximum Gasteiger partial charge on any atom is 0.270 e. The molecule has 0 aliphatic carbocycles. The summed E-state index contributed by atoms with van der Waals surface area (Å²) in [6, 6.07) is 10.9. The number of amides is 2. The molecule has 0 unspecified atom stereocenters. The molecule has 2 aromatic carbocycles. The van der Waals surface area contributed by atoms with E-state index in [1.807, 2.05) is 6.92 Å². The first-order chi connectivity index (χ1) is 15.5. The van der Waals surface area contributed by atoms with Gasteiger partial charge in [0.15, 0.2) is 5.11 Å². The number of thiocarbonyl (C=S) groups is 1. The van der Waals surface area contributed by atoms with E-state index in [0.29, 0.717) is 10.7 Å². The van der Waals surface area contributed by atoms with E-state index in [1.54, 1.807) is 30.3 Å². The van der Waals surface area contributed by atoms with Gasteiger partial charge in [0.05, 0.1) is 11.2 Å². The van der Waals surface area contributed by atoms with Crippen LogP contribution in [0.5, 0.6) is 0 Å². The first-order valence-corrected chi connectivity index (χ1v) is 11.6. The summed E-state index contributed by atoms with van der Waals surface area (Å²) in [5.41, 5.74) is 5.72. The number of hydrogen-bond acceptors (Lipinski definition) is 4. The number of allylic oxidation sites excluding steroid dienone is 1. The van der Waals surface area contributed by atoms with E-state index in [9.17, 15) is 9.59 Å². The Kier molecular flexibility index (Phi) is 5.93. The van der Waals surface area contributed by atoms with E-state index in [2.05, 4.69) is 56.1 Å². The highest BCUT2D eigenvalue weighted by molar-refractivity contribution is 7.80. The second-order valence-corrected chi connectivity index (χ2v) is 9.71. The average Bonchev–Trinajstić information content (AvgIpc) is 2.72. The summed E-state index contributed by atoms with van der Waals surface area (Å²) in [7, 11) is 0. The predicted molar refractivity (Wildman–Crippen MR) is 140 cm³/mol. The van der Waals surface area contributed by atoms with Gasteiger partial charge in [-0.2, -0.15) is 0 Å². The Morgan fingerprint density at radius 1 is 1.12 bits per heavy atom. The lowest BCUT2D eigenvalue weighted by molar-refractivity contribution is -0.122. The molecule has 1 fully saturated rings. The molecule has 2 heterocycles. The highest BCUT2D eigenvalue weighted by Crippen LogP contribution is 2.40. The molecule has 0 bridgehead atoms. The van der Waals surface area contributed by atoms with Crippen LogP contribution in [0.3, 0.4) is 0 Å². The van der Waals surface area contributed by atoms with Crippen LogP contribution in [0.25, 0.3) is 11.6 Å². The number of fused-ring (bicyclic) bond motifs is 1. The Bertz CT molecular complexity index is 1240. The highest BCUT2D eigenvalue weighted by Gasteiger charge is 2.35. The summed E-state index contributed by atoms with van der Waals surface area (Å²) in [4.78, 5) is 29.8. The zero-order chi connectivity index (χ0) is 24.1. The van der Waals surface area contributed by atoms with Crippen molar-refractivity contribution in [3.8, 4) is 0 Å². The molecule has 1 N–H and O–H groups in total. The topological polar surface area (TPSA) is 52.7 Å². The van der Waals surface area contributed by atoms with Gasteiger partial charge in [-0.15, -0.1) is 0 Å². The van der Waals surface area contributed by atoms with Crippen molar-refractivity contribution in [2.24, 2.45) is 0 Å². The lowest BCUT2D eigenvalue weighted by atomic mass is 9.86. The van der Waals surface area contributed by atoms with Gasteiger partial charge >= 0.3 is 0 Å². The summed E-state index contributed by atoms with van der Waals surface area (Å²) in [5.74, 6) is -0.970. The summed E-state index contributed by atoms with van der Waals surface area (Å²) in [6.07, 6.45) is 3.91. The number of nitrogens with zero attached hydrogens (tertiary/aromatic N) is 2. The molecule has 0 aromatic heterocycles. The van der Waals surface area contributed by atoms with Crippen LogP contribution in [-0.2, 0) is 9.59 Å². The van der Waals surface area contributed by atoms with Crippen molar-refractivity contribution < 1.29 is 9.59 Å². The lowest BCUT2D eigenvalue weighted by Gasteiger charge is -2.43. The smallest absolute Gasteiger partial charge is 0.270 e. The van der Waals surface area contributed by atoms with Crippen LogP contribution in [0, 0.1) is 6.92 Å². The molecule has 170 valence electrons. The molecular formula is C26H26ClN3O2S. The fraction of sp³-hybridized carbons (Fsp3) is 0.269. The minimum absolute atomic E-state index is 0.0340. The summed E-state index contributed by atoms with van der Waals surface area (Å²) < 4.78 is 0. The van der Waals surface area contributed by atoms with E-state index in [4.69, 9.17) is 23.8 Å². The van der Waals surface area contributed by atoms with Crippen molar-refractivity contribution in [1.29, 1.82) is 0 Å². The largest absolute Gasteiger partial charge is 0.363 e. The zero-order valence-corrected chi connectivity index (χ0v) is 20.9. The van der Waals surface area contributed by atoms with Crippen molar-refractivity contribution in [3.05, 3.63) is 69.8 Å². The molecule has 2 amide bonds. The van der Waals surface area contributed by atoms with Gasteiger partial charge in [0.25, 0.3) is 11.8 Å². The number of benzene rings is 2. The van der Waals surface area contributed by atoms with Gasteiger partial charge < -0.3 is 4.90 Å². The molecule has 2 aliphatic rings. The molecular weight excluding hydrogens is 454 g/mol. The molecule has 7 heteroatoms. The third-order valence-electron chi connectivity index (χ3n) is 6.17. The van der Waals surface area contributed by atoms with E-state index in [0.717, 1.165) is 28.9 Å². The van der Waals surface area contributed by atoms with Crippen molar-refractivity contribution in [3.63, 3.8) is 0 Å². The minimum atomic E-state index is -0.504. The molecule has 0 saturated carbocycles. The Morgan fingerprint density at radius 3 is 2.42 bits per heavy atom. The van der Waals surface area contributed by atoms with Crippen LogP contribution in [0.15, 0.2) is 48.0 Å². The number of aryl methyl sites for hydroxylation is 1. The van der Waals surface area contributed by atoms with Gasteiger partial charge in [-0.05, 0) is 106 Å². The molecule has 33 heavy (non-hydrogen) atoms. The van der Waals surface area contributed by atoms with Crippen molar-refractivity contribution in [2.45, 2.75) is 40.2 Å². The lowest BCUT2D eigenvalue weighted by Crippen LogP contribution is -2.54. The average molecular weight is 480 g/mol. The first kappa shape index (κ1) is 23.2. The predicted octanol–water partition coefficient (Wildman–Crippen LogP) is 5.50. The van der Waals surface area contributed by atoms with Gasteiger partial charge in [-0.25, -0.2) is 0 Å². The number of carbonyl (C=O) groups is 2. The maximum absolute atomic E-state index is 13.3. The van der Waals surface area contributed by atoms with E-state index < -0.39 is 11.8 Å². The van der Waals surface area contributed by atoms with Crippen LogP contribution in [-0.4, -0.2) is 29.0 Å². The van der Waals surface area contributed by atoms with Crippen LogP contribution < -0.4 is 15.1 Å². The normalized spacial score (nSPS) is 18.9. The Balaban J connectivity index is 1.79. The number of anilines is 2. The number of hydrogen-bond donors (Lipinski definition) is 1. The van der Waals surface area contributed by atoms with Gasteiger partial charge in [0.1, 0.15) is 5.57 Å². The van der Waals surface area contributed by atoms with Gasteiger partial charge in [0, 0.05) is 22.8 Å². The van der Waals surface area contributed by atoms with Crippen molar-refractivity contribution in [2.75, 3.05) is 16.3 Å². The van der Waals surface area contributed by atoms with Gasteiger partial charge in [-0.3, -0.25) is 19.8 Å². The van der Waals surface area contributed by atoms with Gasteiger partial charge in [-0.1, -0.05) is 17.7 Å². The molecule has 1 saturated heterocycles. The Hall–Kier alpha value is -2.96. The van der Waals surface area contributed by atoms with Crippen LogP contribution in [0.1, 0.15) is 44.4 Å². The fourth-order valence-electron chi connectivity index (χ4n) is 4.62. The van der Waals surface area contributed by atoms with Crippen molar-refractivity contribution in [1.82, 2.24) is 5.32 Å². The minimum Gasteiger partial charge on any atom is -0.363 e. The highest BCUT2D eigenvalue weighted by atomic mass is 35.5. The van der Waals surface area contributed by atoms with Crippen LogP contribution in [0.4, 0.5) is 11.4 Å². The standard InChI is InChI=1S/C26H26ClN3O2S/c1-6-29-22-11-15(2)17(12-20(22)16(3)14-26(29,4)5)13-21-23(31)28-25(33)30(24(21)32)19-9-7-18(27)8-10-19/h7-14H,6H2,1-5H3,(H,28,31,33)/b21-13+. The molecule has 4 rings (SSSR count).